The van der Waals surface area contributed by atoms with Crippen molar-refractivity contribution in [1.29, 1.82) is 0 Å². The minimum absolute atomic E-state index is 0.688. The predicted octanol–water partition coefficient (Wildman–Crippen LogP) is 2.86. The smallest absolute Gasteiger partial charge is 0.153 e. The number of hydrogen-bond donors (Lipinski definition) is 2. The van der Waals surface area contributed by atoms with Gasteiger partial charge in [0.2, 0.25) is 0 Å². The molecule has 0 saturated carbocycles. The summed E-state index contributed by atoms with van der Waals surface area (Å²) in [4.78, 5) is 3.98. The summed E-state index contributed by atoms with van der Waals surface area (Å²) in [5.41, 5.74) is 9.10. The number of aromatic nitrogens is 3. The first-order valence-electron chi connectivity index (χ1n) is 6.18. The summed E-state index contributed by atoms with van der Waals surface area (Å²) in [5, 5.41) is 11.5. The highest BCUT2D eigenvalue weighted by molar-refractivity contribution is 5.62. The molecule has 3 aromatic rings. The maximum absolute atomic E-state index is 5.64. The van der Waals surface area contributed by atoms with Crippen molar-refractivity contribution in [3.8, 4) is 11.3 Å². The topological polar surface area (TPSA) is 76.7 Å². The van der Waals surface area contributed by atoms with Crippen LogP contribution in [0, 0.1) is 0 Å². The van der Waals surface area contributed by atoms with Gasteiger partial charge in [-0.05, 0) is 48.5 Å². The van der Waals surface area contributed by atoms with Crippen LogP contribution >= 0.6 is 0 Å². The van der Waals surface area contributed by atoms with E-state index in [4.69, 9.17) is 5.73 Å². The molecule has 1 aromatic carbocycles. The van der Waals surface area contributed by atoms with E-state index in [-0.39, 0.29) is 0 Å². The molecule has 2 heterocycles. The lowest BCUT2D eigenvalue weighted by atomic mass is 10.2. The average molecular weight is 263 g/mol. The van der Waals surface area contributed by atoms with Crippen LogP contribution in [-0.2, 0) is 0 Å². The van der Waals surface area contributed by atoms with Gasteiger partial charge in [-0.25, -0.2) is 0 Å². The van der Waals surface area contributed by atoms with E-state index in [0.29, 0.717) is 5.82 Å². The van der Waals surface area contributed by atoms with Gasteiger partial charge in [-0.1, -0.05) is 0 Å². The fourth-order valence-corrected chi connectivity index (χ4v) is 1.79. The summed E-state index contributed by atoms with van der Waals surface area (Å²) in [6.07, 6.45) is 3.47. The molecule has 20 heavy (non-hydrogen) atoms. The van der Waals surface area contributed by atoms with Gasteiger partial charge in [0.15, 0.2) is 5.82 Å². The van der Waals surface area contributed by atoms with Gasteiger partial charge in [-0.2, -0.15) is 0 Å². The summed E-state index contributed by atoms with van der Waals surface area (Å²) in [5.74, 6) is 0.688. The minimum atomic E-state index is 0.688. The van der Waals surface area contributed by atoms with E-state index < -0.39 is 0 Å². The van der Waals surface area contributed by atoms with E-state index in [1.807, 2.05) is 48.5 Å². The van der Waals surface area contributed by atoms with Crippen molar-refractivity contribution in [1.82, 2.24) is 15.2 Å². The van der Waals surface area contributed by atoms with Crippen LogP contribution in [0.2, 0.25) is 0 Å². The number of nitrogens with one attached hydrogen (secondary N) is 1. The number of nitrogens with two attached hydrogens (primary N) is 1. The molecule has 0 bridgehead atoms. The van der Waals surface area contributed by atoms with Crippen LogP contribution in [0.15, 0.2) is 60.9 Å². The molecule has 0 amide bonds. The zero-order valence-electron chi connectivity index (χ0n) is 10.7. The van der Waals surface area contributed by atoms with Crippen molar-refractivity contribution < 1.29 is 0 Å². The first-order valence-corrected chi connectivity index (χ1v) is 6.18. The van der Waals surface area contributed by atoms with Crippen LogP contribution in [0.4, 0.5) is 17.2 Å². The van der Waals surface area contributed by atoms with Gasteiger partial charge in [0.1, 0.15) is 0 Å². The second kappa shape index (κ2) is 5.36. The van der Waals surface area contributed by atoms with Crippen LogP contribution in [0.1, 0.15) is 0 Å². The molecule has 5 nitrogen and oxygen atoms in total. The summed E-state index contributed by atoms with van der Waals surface area (Å²) < 4.78 is 0. The Morgan fingerprint density at radius 2 is 1.55 bits per heavy atom. The monoisotopic (exact) mass is 263 g/mol. The second-order valence-electron chi connectivity index (χ2n) is 4.29. The van der Waals surface area contributed by atoms with Crippen molar-refractivity contribution in [2.45, 2.75) is 0 Å². The molecule has 3 rings (SSSR count). The molecule has 98 valence electrons. The zero-order valence-corrected chi connectivity index (χ0v) is 10.7. The normalized spacial score (nSPS) is 10.2. The van der Waals surface area contributed by atoms with Gasteiger partial charge in [0.05, 0.1) is 5.69 Å². The molecule has 0 aliphatic heterocycles. The lowest BCUT2D eigenvalue weighted by Crippen LogP contribution is -1.96. The standard InChI is InChI=1S/C15H13N5/c16-12-1-3-13(4-2-12)18-15-6-5-14(19-20-15)11-7-9-17-10-8-11/h1-10H,16H2,(H,18,20). The van der Waals surface area contributed by atoms with E-state index in [0.717, 1.165) is 22.6 Å². The van der Waals surface area contributed by atoms with Crippen LogP contribution < -0.4 is 11.1 Å². The molecule has 0 unspecified atom stereocenters. The summed E-state index contributed by atoms with van der Waals surface area (Å²) in [7, 11) is 0. The van der Waals surface area contributed by atoms with Crippen molar-refractivity contribution in [2.24, 2.45) is 0 Å². The van der Waals surface area contributed by atoms with Gasteiger partial charge in [0.25, 0.3) is 0 Å². The number of anilines is 3. The quantitative estimate of drug-likeness (QED) is 0.710. The predicted molar refractivity (Wildman–Crippen MR) is 79.4 cm³/mol. The molecular formula is C15H13N5. The number of benzene rings is 1. The van der Waals surface area contributed by atoms with E-state index in [2.05, 4.69) is 20.5 Å². The maximum Gasteiger partial charge on any atom is 0.153 e. The van der Waals surface area contributed by atoms with E-state index in [9.17, 15) is 0 Å². The van der Waals surface area contributed by atoms with Gasteiger partial charge >= 0.3 is 0 Å². The lowest BCUT2D eigenvalue weighted by molar-refractivity contribution is 1.04. The number of hydrogen-bond acceptors (Lipinski definition) is 5. The van der Waals surface area contributed by atoms with Gasteiger partial charge in [-0.3, -0.25) is 4.98 Å². The molecule has 3 N–H and O–H groups in total. The fourth-order valence-electron chi connectivity index (χ4n) is 1.79. The van der Waals surface area contributed by atoms with Crippen LogP contribution in [0.25, 0.3) is 11.3 Å². The lowest BCUT2D eigenvalue weighted by Gasteiger charge is -2.06. The fraction of sp³-hybridized carbons (Fsp3) is 0. The van der Waals surface area contributed by atoms with E-state index in [1.165, 1.54) is 0 Å². The Labute approximate surface area is 116 Å². The number of rotatable bonds is 3. The minimum Gasteiger partial charge on any atom is -0.399 e. The molecule has 0 spiro atoms. The molecule has 0 aliphatic carbocycles. The first-order chi connectivity index (χ1) is 9.81. The van der Waals surface area contributed by atoms with Crippen LogP contribution in [0.3, 0.4) is 0 Å². The maximum atomic E-state index is 5.64. The van der Waals surface area contributed by atoms with Crippen molar-refractivity contribution in [2.75, 3.05) is 11.1 Å². The third-order valence-corrected chi connectivity index (χ3v) is 2.82. The second-order valence-corrected chi connectivity index (χ2v) is 4.29. The Hall–Kier alpha value is -2.95. The van der Waals surface area contributed by atoms with Gasteiger partial charge < -0.3 is 11.1 Å². The van der Waals surface area contributed by atoms with Crippen LogP contribution in [0.5, 0.6) is 0 Å². The molecule has 2 aromatic heterocycles. The Balaban J connectivity index is 1.78. The Morgan fingerprint density at radius 3 is 2.20 bits per heavy atom. The first kappa shape index (κ1) is 12.1. The summed E-state index contributed by atoms with van der Waals surface area (Å²) >= 11 is 0. The molecular weight excluding hydrogens is 250 g/mol. The molecule has 0 radical (unpaired) electrons. The number of pyridine rings is 1. The van der Waals surface area contributed by atoms with Gasteiger partial charge in [-0.15, -0.1) is 10.2 Å². The van der Waals surface area contributed by atoms with Crippen molar-refractivity contribution in [3.63, 3.8) is 0 Å². The number of nitrogens with zero attached hydrogens (tertiary/aromatic N) is 3. The summed E-state index contributed by atoms with van der Waals surface area (Å²) in [6.45, 7) is 0. The van der Waals surface area contributed by atoms with Crippen LogP contribution in [-0.4, -0.2) is 15.2 Å². The zero-order chi connectivity index (χ0) is 13.8. The average Bonchev–Trinajstić information content (AvgIpc) is 2.51. The largest absolute Gasteiger partial charge is 0.399 e. The Bertz CT molecular complexity index is 678. The highest BCUT2D eigenvalue weighted by atomic mass is 15.2. The Kier molecular flexibility index (Phi) is 3.24. The van der Waals surface area contributed by atoms with E-state index >= 15 is 0 Å². The molecule has 0 saturated heterocycles. The third kappa shape index (κ3) is 2.72. The molecule has 0 atom stereocenters. The molecule has 0 aliphatic rings. The molecule has 5 heteroatoms. The summed E-state index contributed by atoms with van der Waals surface area (Å²) in [6, 6.07) is 15.1. The highest BCUT2D eigenvalue weighted by Crippen LogP contribution is 2.18. The van der Waals surface area contributed by atoms with E-state index in [1.54, 1.807) is 12.4 Å². The third-order valence-electron chi connectivity index (χ3n) is 2.82. The van der Waals surface area contributed by atoms with Crippen molar-refractivity contribution in [3.05, 3.63) is 60.9 Å². The van der Waals surface area contributed by atoms with Gasteiger partial charge in [0, 0.05) is 29.3 Å². The highest BCUT2D eigenvalue weighted by Gasteiger charge is 2.01. The molecule has 0 fully saturated rings. The number of nitrogen functional groups attached to an aromatic ring is 1. The Morgan fingerprint density at radius 1 is 0.800 bits per heavy atom. The SMILES string of the molecule is Nc1ccc(Nc2ccc(-c3ccncc3)nn2)cc1. The van der Waals surface area contributed by atoms with Crippen molar-refractivity contribution >= 4 is 17.2 Å².